The highest BCUT2D eigenvalue weighted by Crippen LogP contribution is 2.19. The van der Waals surface area contributed by atoms with Gasteiger partial charge in [-0.2, -0.15) is 0 Å². The molecule has 3 heterocycles. The smallest absolute Gasteiger partial charge is 0.134 e. The van der Waals surface area contributed by atoms with Gasteiger partial charge in [0.15, 0.2) is 0 Å². The summed E-state index contributed by atoms with van der Waals surface area (Å²) < 4.78 is 0. The van der Waals surface area contributed by atoms with Gasteiger partial charge in [-0.05, 0) is 38.6 Å². The van der Waals surface area contributed by atoms with Crippen LogP contribution in [-0.4, -0.2) is 42.2 Å². The van der Waals surface area contributed by atoms with Crippen molar-refractivity contribution in [2.75, 3.05) is 36.4 Å². The predicted octanol–water partition coefficient (Wildman–Crippen LogP) is 1.63. The summed E-state index contributed by atoms with van der Waals surface area (Å²) in [5.74, 6) is 2.02. The fourth-order valence-electron chi connectivity index (χ4n) is 2.94. The van der Waals surface area contributed by atoms with Crippen LogP contribution in [-0.2, 0) is 0 Å². The Kier molecular flexibility index (Phi) is 4.13. The molecule has 2 aliphatic heterocycles. The second-order valence-corrected chi connectivity index (χ2v) is 5.46. The van der Waals surface area contributed by atoms with Crippen molar-refractivity contribution in [3.63, 3.8) is 0 Å². The lowest BCUT2D eigenvalue weighted by Crippen LogP contribution is -2.24. The first-order chi connectivity index (χ1) is 9.42. The Hall–Kier alpha value is -1.36. The Labute approximate surface area is 114 Å². The quantitative estimate of drug-likeness (QED) is 0.844. The first kappa shape index (κ1) is 12.7. The van der Waals surface area contributed by atoms with Crippen molar-refractivity contribution in [2.45, 2.75) is 38.1 Å². The van der Waals surface area contributed by atoms with Crippen LogP contribution in [0.25, 0.3) is 0 Å². The van der Waals surface area contributed by atoms with Crippen LogP contribution in [0.1, 0.15) is 32.1 Å². The van der Waals surface area contributed by atoms with E-state index >= 15 is 0 Å². The molecule has 5 nitrogen and oxygen atoms in total. The van der Waals surface area contributed by atoms with Gasteiger partial charge >= 0.3 is 0 Å². The topological polar surface area (TPSA) is 53.1 Å². The molecule has 0 radical (unpaired) electrons. The van der Waals surface area contributed by atoms with Gasteiger partial charge in [0.1, 0.15) is 18.0 Å². The van der Waals surface area contributed by atoms with E-state index in [1.165, 1.54) is 38.6 Å². The van der Waals surface area contributed by atoms with Crippen LogP contribution in [0.5, 0.6) is 0 Å². The second-order valence-electron chi connectivity index (χ2n) is 5.46. The van der Waals surface area contributed by atoms with Crippen molar-refractivity contribution < 1.29 is 0 Å². The molecular weight excluding hydrogens is 238 g/mol. The highest BCUT2D eigenvalue weighted by molar-refractivity contribution is 5.48. The number of rotatable bonds is 5. The summed E-state index contributed by atoms with van der Waals surface area (Å²) in [7, 11) is 0. The van der Waals surface area contributed by atoms with Crippen LogP contribution in [0.3, 0.4) is 0 Å². The first-order valence-corrected chi connectivity index (χ1v) is 7.46. The third kappa shape index (κ3) is 3.35. The Balaban J connectivity index is 1.50. The van der Waals surface area contributed by atoms with E-state index in [4.69, 9.17) is 0 Å². The van der Waals surface area contributed by atoms with Crippen LogP contribution in [0.2, 0.25) is 0 Å². The zero-order chi connectivity index (χ0) is 12.9. The molecule has 1 aromatic heterocycles. The SMILES string of the molecule is c1nc(NCCC2CCCN2)cc(N2CCCC2)n1. The van der Waals surface area contributed by atoms with Gasteiger partial charge < -0.3 is 15.5 Å². The molecule has 0 aromatic carbocycles. The molecule has 1 aromatic rings. The molecule has 0 aliphatic carbocycles. The van der Waals surface area contributed by atoms with Crippen molar-refractivity contribution in [2.24, 2.45) is 0 Å². The minimum atomic E-state index is 0.687. The zero-order valence-corrected chi connectivity index (χ0v) is 11.4. The normalized spacial score (nSPS) is 22.9. The maximum absolute atomic E-state index is 4.37. The Bertz CT molecular complexity index is 397. The summed E-state index contributed by atoms with van der Waals surface area (Å²) >= 11 is 0. The molecule has 2 aliphatic rings. The Morgan fingerprint density at radius 2 is 2.16 bits per heavy atom. The van der Waals surface area contributed by atoms with Gasteiger partial charge in [-0.3, -0.25) is 0 Å². The van der Waals surface area contributed by atoms with Crippen molar-refractivity contribution in [1.82, 2.24) is 15.3 Å². The lowest BCUT2D eigenvalue weighted by molar-refractivity contribution is 0.574. The van der Waals surface area contributed by atoms with E-state index < -0.39 is 0 Å². The average molecular weight is 261 g/mol. The molecule has 0 amide bonds. The number of aromatic nitrogens is 2. The summed E-state index contributed by atoms with van der Waals surface area (Å²) in [6.07, 6.45) is 8.02. The van der Waals surface area contributed by atoms with Gasteiger partial charge in [-0.1, -0.05) is 0 Å². The average Bonchev–Trinajstić information content (AvgIpc) is 3.12. The van der Waals surface area contributed by atoms with Crippen LogP contribution in [0.15, 0.2) is 12.4 Å². The van der Waals surface area contributed by atoms with E-state index in [1.807, 2.05) is 0 Å². The molecule has 0 bridgehead atoms. The molecule has 0 spiro atoms. The van der Waals surface area contributed by atoms with Crippen LogP contribution in [0, 0.1) is 0 Å². The Morgan fingerprint density at radius 1 is 1.26 bits per heavy atom. The molecule has 0 saturated carbocycles. The third-order valence-corrected chi connectivity index (χ3v) is 4.04. The number of anilines is 2. The summed E-state index contributed by atoms with van der Waals surface area (Å²) in [4.78, 5) is 11.0. The third-order valence-electron chi connectivity index (χ3n) is 4.04. The second kappa shape index (κ2) is 6.19. The van der Waals surface area contributed by atoms with Crippen molar-refractivity contribution in [3.05, 3.63) is 12.4 Å². The van der Waals surface area contributed by atoms with E-state index in [2.05, 4.69) is 31.6 Å². The fourth-order valence-corrected chi connectivity index (χ4v) is 2.94. The molecule has 1 unspecified atom stereocenters. The van der Waals surface area contributed by atoms with E-state index in [0.29, 0.717) is 6.04 Å². The van der Waals surface area contributed by atoms with E-state index in [9.17, 15) is 0 Å². The van der Waals surface area contributed by atoms with E-state index in [-0.39, 0.29) is 0 Å². The number of nitrogens with one attached hydrogen (secondary N) is 2. The van der Waals surface area contributed by atoms with Crippen molar-refractivity contribution >= 4 is 11.6 Å². The summed E-state index contributed by atoms with van der Waals surface area (Å²) in [6.45, 7) is 4.41. The van der Waals surface area contributed by atoms with E-state index in [0.717, 1.165) is 31.3 Å². The maximum atomic E-state index is 4.37. The number of nitrogens with zero attached hydrogens (tertiary/aromatic N) is 3. The van der Waals surface area contributed by atoms with Gasteiger partial charge in [0.25, 0.3) is 0 Å². The van der Waals surface area contributed by atoms with Gasteiger partial charge in [0.2, 0.25) is 0 Å². The maximum Gasteiger partial charge on any atom is 0.134 e. The monoisotopic (exact) mass is 261 g/mol. The summed E-state index contributed by atoms with van der Waals surface area (Å²) in [5.41, 5.74) is 0. The molecular formula is C14H23N5. The minimum absolute atomic E-state index is 0.687. The first-order valence-electron chi connectivity index (χ1n) is 7.46. The van der Waals surface area contributed by atoms with Crippen LogP contribution < -0.4 is 15.5 Å². The molecule has 19 heavy (non-hydrogen) atoms. The van der Waals surface area contributed by atoms with Gasteiger partial charge in [-0.15, -0.1) is 0 Å². The van der Waals surface area contributed by atoms with Gasteiger partial charge in [-0.25, -0.2) is 9.97 Å². The van der Waals surface area contributed by atoms with E-state index in [1.54, 1.807) is 6.33 Å². The molecule has 104 valence electrons. The largest absolute Gasteiger partial charge is 0.370 e. The number of hydrogen-bond acceptors (Lipinski definition) is 5. The molecule has 5 heteroatoms. The fraction of sp³-hybridized carbons (Fsp3) is 0.714. The van der Waals surface area contributed by atoms with Crippen molar-refractivity contribution in [1.29, 1.82) is 0 Å². The summed E-state index contributed by atoms with van der Waals surface area (Å²) in [5, 5.41) is 6.94. The summed E-state index contributed by atoms with van der Waals surface area (Å²) in [6, 6.07) is 2.76. The Morgan fingerprint density at radius 3 is 2.95 bits per heavy atom. The molecule has 1 atom stereocenters. The predicted molar refractivity (Wildman–Crippen MR) is 77.6 cm³/mol. The van der Waals surface area contributed by atoms with Gasteiger partial charge in [0.05, 0.1) is 0 Å². The zero-order valence-electron chi connectivity index (χ0n) is 11.4. The van der Waals surface area contributed by atoms with Crippen LogP contribution in [0.4, 0.5) is 11.6 Å². The highest BCUT2D eigenvalue weighted by Gasteiger charge is 2.15. The molecule has 2 saturated heterocycles. The molecule has 2 fully saturated rings. The molecule has 3 rings (SSSR count). The lowest BCUT2D eigenvalue weighted by Gasteiger charge is -2.17. The highest BCUT2D eigenvalue weighted by atomic mass is 15.2. The standard InChI is InChI=1S/C14H23N5/c1-2-9-19(8-1)14-10-13(17-11-18-14)16-7-5-12-4-3-6-15-12/h10-12,15H,1-9H2,(H,16,17,18). The van der Waals surface area contributed by atoms with Crippen LogP contribution >= 0.6 is 0 Å². The minimum Gasteiger partial charge on any atom is -0.370 e. The molecule has 2 N–H and O–H groups in total. The number of hydrogen-bond donors (Lipinski definition) is 2. The van der Waals surface area contributed by atoms with Crippen molar-refractivity contribution in [3.8, 4) is 0 Å². The van der Waals surface area contributed by atoms with Gasteiger partial charge in [0, 0.05) is 31.7 Å². The lowest BCUT2D eigenvalue weighted by atomic mass is 10.1.